The highest BCUT2D eigenvalue weighted by Crippen LogP contribution is 2.24. The van der Waals surface area contributed by atoms with Crippen LogP contribution < -0.4 is 11.1 Å². The molecule has 0 spiro atoms. The van der Waals surface area contributed by atoms with E-state index < -0.39 is 0 Å². The van der Waals surface area contributed by atoms with Crippen molar-refractivity contribution in [3.8, 4) is 6.07 Å². The predicted molar refractivity (Wildman–Crippen MR) is 107 cm³/mol. The van der Waals surface area contributed by atoms with E-state index >= 15 is 0 Å². The Morgan fingerprint density at radius 2 is 2.18 bits per heavy atom. The summed E-state index contributed by atoms with van der Waals surface area (Å²) in [5, 5.41) is 21.8. The molecule has 0 saturated heterocycles. The van der Waals surface area contributed by atoms with Gasteiger partial charge in [0.1, 0.15) is 23.3 Å². The molecular weight excluding hydrogens is 356 g/mol. The standard InChI is InChI=1S/C19H26N8O/c1-4-15-13(2)24-27-17(21)16(12-20)18(23-19(15)27)22-8-6-14-7-10-26(25-14)9-5-11-28-3/h7,10H,4-6,8-9,11,21H2,1-3H3,(H,22,23). The summed E-state index contributed by atoms with van der Waals surface area (Å²) in [4.78, 5) is 4.63. The number of nitrogen functional groups attached to an aromatic ring is 1. The first kappa shape index (κ1) is 19.6. The highest BCUT2D eigenvalue weighted by Gasteiger charge is 2.18. The number of nitriles is 1. The van der Waals surface area contributed by atoms with E-state index in [4.69, 9.17) is 10.5 Å². The molecule has 3 aromatic heterocycles. The van der Waals surface area contributed by atoms with E-state index in [2.05, 4.69) is 33.5 Å². The van der Waals surface area contributed by atoms with Crippen LogP contribution >= 0.6 is 0 Å². The molecule has 0 radical (unpaired) electrons. The van der Waals surface area contributed by atoms with Gasteiger partial charge in [0.25, 0.3) is 0 Å². The van der Waals surface area contributed by atoms with E-state index in [-0.39, 0.29) is 0 Å². The minimum atomic E-state index is 0.306. The number of methoxy groups -OCH3 is 1. The summed E-state index contributed by atoms with van der Waals surface area (Å²) in [6.45, 7) is 6.12. The van der Waals surface area contributed by atoms with Gasteiger partial charge in [0.2, 0.25) is 0 Å². The van der Waals surface area contributed by atoms with Crippen molar-refractivity contribution in [2.75, 3.05) is 31.3 Å². The van der Waals surface area contributed by atoms with Gasteiger partial charge >= 0.3 is 0 Å². The van der Waals surface area contributed by atoms with Crippen LogP contribution in [0.15, 0.2) is 12.3 Å². The third kappa shape index (κ3) is 3.92. The largest absolute Gasteiger partial charge is 0.385 e. The maximum Gasteiger partial charge on any atom is 0.163 e. The van der Waals surface area contributed by atoms with Crippen molar-refractivity contribution in [1.29, 1.82) is 5.26 Å². The Kier molecular flexibility index (Phi) is 6.11. The SMILES string of the molecule is CCc1c(C)nn2c(N)c(C#N)c(NCCc3ccn(CCCOC)n3)nc12. The minimum absolute atomic E-state index is 0.306. The fraction of sp³-hybridized carbons (Fsp3) is 0.474. The highest BCUT2D eigenvalue weighted by atomic mass is 16.5. The number of hydrogen-bond acceptors (Lipinski definition) is 7. The Labute approximate surface area is 164 Å². The maximum atomic E-state index is 9.54. The van der Waals surface area contributed by atoms with Gasteiger partial charge in [0.05, 0.1) is 11.4 Å². The maximum absolute atomic E-state index is 9.54. The number of nitrogens with one attached hydrogen (secondary N) is 1. The zero-order valence-electron chi connectivity index (χ0n) is 16.6. The Hall–Kier alpha value is -3.12. The topological polar surface area (TPSA) is 119 Å². The molecule has 0 aliphatic carbocycles. The quantitative estimate of drug-likeness (QED) is 0.543. The van der Waals surface area contributed by atoms with Crippen LogP contribution in [0.25, 0.3) is 5.65 Å². The second-order valence-electron chi connectivity index (χ2n) is 6.58. The molecule has 0 bridgehead atoms. The summed E-state index contributed by atoms with van der Waals surface area (Å²) in [5.41, 5.74) is 10.1. The van der Waals surface area contributed by atoms with E-state index in [1.807, 2.05) is 23.9 Å². The fourth-order valence-corrected chi connectivity index (χ4v) is 3.21. The molecule has 0 saturated carbocycles. The summed E-state index contributed by atoms with van der Waals surface area (Å²) >= 11 is 0. The molecule has 3 rings (SSSR count). The van der Waals surface area contributed by atoms with E-state index in [0.29, 0.717) is 35.8 Å². The number of ether oxygens (including phenoxy) is 1. The lowest BCUT2D eigenvalue weighted by atomic mass is 10.2. The summed E-state index contributed by atoms with van der Waals surface area (Å²) < 4.78 is 8.54. The summed E-state index contributed by atoms with van der Waals surface area (Å²) in [6, 6.07) is 4.14. The molecule has 0 aliphatic heterocycles. The van der Waals surface area contributed by atoms with Gasteiger partial charge in [0.15, 0.2) is 5.65 Å². The van der Waals surface area contributed by atoms with Gasteiger partial charge in [-0.15, -0.1) is 0 Å². The molecule has 0 fully saturated rings. The van der Waals surface area contributed by atoms with Gasteiger partial charge < -0.3 is 15.8 Å². The number of nitrogens with two attached hydrogens (primary N) is 1. The Morgan fingerprint density at radius 1 is 1.36 bits per heavy atom. The first-order valence-corrected chi connectivity index (χ1v) is 9.42. The normalized spacial score (nSPS) is 11.1. The number of anilines is 2. The minimum Gasteiger partial charge on any atom is -0.385 e. The molecule has 148 valence electrons. The van der Waals surface area contributed by atoms with Crippen molar-refractivity contribution >= 4 is 17.3 Å². The molecule has 9 heteroatoms. The lowest BCUT2D eigenvalue weighted by Gasteiger charge is -2.10. The summed E-state index contributed by atoms with van der Waals surface area (Å²) in [6.07, 6.45) is 4.41. The molecule has 3 N–H and O–H groups in total. The second-order valence-corrected chi connectivity index (χ2v) is 6.58. The van der Waals surface area contributed by atoms with E-state index in [1.54, 1.807) is 11.6 Å². The molecule has 28 heavy (non-hydrogen) atoms. The first-order chi connectivity index (χ1) is 13.6. The van der Waals surface area contributed by atoms with Crippen molar-refractivity contribution < 1.29 is 4.74 Å². The van der Waals surface area contributed by atoms with Crippen LogP contribution in [0.3, 0.4) is 0 Å². The summed E-state index contributed by atoms with van der Waals surface area (Å²) in [5.74, 6) is 0.793. The van der Waals surface area contributed by atoms with E-state index in [0.717, 1.165) is 42.9 Å². The van der Waals surface area contributed by atoms with E-state index in [1.165, 1.54) is 0 Å². The number of aryl methyl sites for hydroxylation is 3. The second kappa shape index (κ2) is 8.71. The monoisotopic (exact) mass is 382 g/mol. The predicted octanol–water partition coefficient (Wildman–Crippen LogP) is 1.94. The molecule has 9 nitrogen and oxygen atoms in total. The number of fused-ring (bicyclic) bond motifs is 1. The third-order valence-corrected chi connectivity index (χ3v) is 4.67. The molecule has 0 atom stereocenters. The van der Waals surface area contributed by atoms with Crippen LogP contribution in [0.1, 0.15) is 35.9 Å². The molecule has 0 unspecified atom stereocenters. The van der Waals surface area contributed by atoms with Gasteiger partial charge in [-0.3, -0.25) is 4.68 Å². The number of aromatic nitrogens is 5. The van der Waals surface area contributed by atoms with E-state index in [9.17, 15) is 5.26 Å². The van der Waals surface area contributed by atoms with Crippen LogP contribution in [0.4, 0.5) is 11.6 Å². The Morgan fingerprint density at radius 3 is 2.89 bits per heavy atom. The van der Waals surface area contributed by atoms with Crippen molar-refractivity contribution in [2.24, 2.45) is 0 Å². The smallest absolute Gasteiger partial charge is 0.163 e. The van der Waals surface area contributed by atoms with Crippen molar-refractivity contribution in [1.82, 2.24) is 24.4 Å². The lowest BCUT2D eigenvalue weighted by molar-refractivity contribution is 0.189. The van der Waals surface area contributed by atoms with Gasteiger partial charge in [-0.25, -0.2) is 4.98 Å². The Balaban J connectivity index is 1.73. The first-order valence-electron chi connectivity index (χ1n) is 9.42. The lowest BCUT2D eigenvalue weighted by Crippen LogP contribution is -2.13. The number of nitrogens with zero attached hydrogens (tertiary/aromatic N) is 6. The number of hydrogen-bond donors (Lipinski definition) is 2. The third-order valence-electron chi connectivity index (χ3n) is 4.67. The van der Waals surface area contributed by atoms with Crippen molar-refractivity contribution in [3.05, 3.63) is 34.8 Å². The molecule has 3 aromatic rings. The van der Waals surface area contributed by atoms with Crippen molar-refractivity contribution in [2.45, 2.75) is 39.7 Å². The van der Waals surface area contributed by atoms with Gasteiger partial charge in [0, 0.05) is 45.0 Å². The molecule has 3 heterocycles. The zero-order chi connectivity index (χ0) is 20.1. The average molecular weight is 382 g/mol. The summed E-state index contributed by atoms with van der Waals surface area (Å²) in [7, 11) is 1.70. The van der Waals surface area contributed by atoms with Crippen LogP contribution in [0.2, 0.25) is 0 Å². The van der Waals surface area contributed by atoms with Crippen LogP contribution in [0.5, 0.6) is 0 Å². The zero-order valence-corrected chi connectivity index (χ0v) is 16.6. The molecular formula is C19H26N8O. The molecule has 0 aromatic carbocycles. The van der Waals surface area contributed by atoms with Gasteiger partial charge in [-0.05, 0) is 25.8 Å². The van der Waals surface area contributed by atoms with Gasteiger partial charge in [-0.2, -0.15) is 20.0 Å². The molecule has 0 aliphatic rings. The van der Waals surface area contributed by atoms with Gasteiger partial charge in [-0.1, -0.05) is 6.92 Å². The average Bonchev–Trinajstić information content (AvgIpc) is 3.26. The Bertz CT molecular complexity index is 998. The molecule has 0 amide bonds. The van der Waals surface area contributed by atoms with Crippen LogP contribution in [0, 0.1) is 18.3 Å². The fourth-order valence-electron chi connectivity index (χ4n) is 3.21. The van der Waals surface area contributed by atoms with Crippen LogP contribution in [-0.2, 0) is 24.1 Å². The highest BCUT2D eigenvalue weighted by molar-refractivity contribution is 5.69. The van der Waals surface area contributed by atoms with Crippen molar-refractivity contribution in [3.63, 3.8) is 0 Å². The van der Waals surface area contributed by atoms with Crippen LogP contribution in [-0.4, -0.2) is 44.6 Å². The number of rotatable bonds is 9.